The molecule has 1 aliphatic heterocycles. The number of β-amino-alcohol motifs (C(OH)–C–C–N with tert-alkyl or cyclic N) is 1. The molecule has 1 saturated carbocycles. The standard InChI is InChI=1S/C28H37N3O4S/c1-18-22(12-7-13-25(18)32)28(35)30-23(17-36-21-10-3-2-4-11-21)26(33)16-31-15-20-9-6-5-8-19(20)14-24(31)27(29)34/h2-4,7,10-13,19-20,23-24,26,32-33H,5-6,8-9,14-17H2,1H3,(H2,29,34)(H,30,35)/t19?,20?,23-,24?,26+/m0/s1. The number of aromatic hydroxyl groups is 1. The molecule has 36 heavy (non-hydrogen) atoms. The van der Waals surface area contributed by atoms with Gasteiger partial charge in [-0.15, -0.1) is 11.8 Å². The van der Waals surface area contributed by atoms with E-state index in [0.29, 0.717) is 28.7 Å². The number of hydrogen-bond donors (Lipinski definition) is 4. The maximum Gasteiger partial charge on any atom is 0.252 e. The third-order valence-corrected chi connectivity index (χ3v) is 8.89. The molecular weight excluding hydrogens is 474 g/mol. The second-order valence-corrected chi connectivity index (χ2v) is 11.2. The van der Waals surface area contributed by atoms with E-state index in [1.165, 1.54) is 12.8 Å². The van der Waals surface area contributed by atoms with Crippen molar-refractivity contribution < 1.29 is 19.8 Å². The Balaban J connectivity index is 1.50. The van der Waals surface area contributed by atoms with Crippen molar-refractivity contribution in [1.29, 1.82) is 0 Å². The van der Waals surface area contributed by atoms with E-state index in [0.717, 1.165) is 30.7 Å². The molecule has 8 heteroatoms. The minimum absolute atomic E-state index is 0.0538. The van der Waals surface area contributed by atoms with E-state index in [4.69, 9.17) is 5.73 Å². The number of thioether (sulfide) groups is 1. The fourth-order valence-corrected chi connectivity index (χ4v) is 6.66. The summed E-state index contributed by atoms with van der Waals surface area (Å²) in [5.41, 5.74) is 6.66. The number of primary amides is 1. The summed E-state index contributed by atoms with van der Waals surface area (Å²) in [6.45, 7) is 2.70. The summed E-state index contributed by atoms with van der Waals surface area (Å²) in [4.78, 5) is 28.6. The number of fused-ring (bicyclic) bond motifs is 1. The topological polar surface area (TPSA) is 116 Å². The van der Waals surface area contributed by atoms with Gasteiger partial charge >= 0.3 is 0 Å². The lowest BCUT2D eigenvalue weighted by Gasteiger charge is -2.46. The molecule has 7 nitrogen and oxygen atoms in total. The Bertz CT molecular complexity index is 1050. The van der Waals surface area contributed by atoms with Crippen LogP contribution in [0.15, 0.2) is 53.4 Å². The average Bonchev–Trinajstić information content (AvgIpc) is 2.88. The fraction of sp³-hybridized carbons (Fsp3) is 0.500. The van der Waals surface area contributed by atoms with E-state index in [-0.39, 0.29) is 24.1 Å². The number of amides is 2. The van der Waals surface area contributed by atoms with E-state index >= 15 is 0 Å². The van der Waals surface area contributed by atoms with Crippen LogP contribution >= 0.6 is 11.8 Å². The number of nitrogens with zero attached hydrogens (tertiary/aromatic N) is 1. The number of nitrogens with two attached hydrogens (primary N) is 1. The number of benzene rings is 2. The molecule has 0 spiro atoms. The molecule has 5 atom stereocenters. The molecule has 1 saturated heterocycles. The quantitative estimate of drug-likeness (QED) is 0.384. The highest BCUT2D eigenvalue weighted by atomic mass is 32.2. The molecule has 1 heterocycles. The first kappa shape index (κ1) is 26.5. The molecule has 5 N–H and O–H groups in total. The zero-order chi connectivity index (χ0) is 25.7. The first-order chi connectivity index (χ1) is 17.3. The zero-order valence-corrected chi connectivity index (χ0v) is 21.6. The van der Waals surface area contributed by atoms with Crippen LogP contribution in [0.2, 0.25) is 0 Å². The number of piperidine rings is 1. The molecule has 0 radical (unpaired) electrons. The van der Waals surface area contributed by atoms with Crippen molar-refractivity contribution in [3.05, 3.63) is 59.7 Å². The van der Waals surface area contributed by atoms with Gasteiger partial charge in [-0.25, -0.2) is 0 Å². The number of hydrogen-bond acceptors (Lipinski definition) is 6. The van der Waals surface area contributed by atoms with E-state index in [1.807, 2.05) is 35.2 Å². The molecule has 2 aliphatic rings. The van der Waals surface area contributed by atoms with E-state index in [9.17, 15) is 19.8 Å². The van der Waals surface area contributed by atoms with Gasteiger partial charge in [0.15, 0.2) is 0 Å². The summed E-state index contributed by atoms with van der Waals surface area (Å²) in [6, 6.07) is 13.7. The normalized spacial score (nSPS) is 23.9. The molecule has 4 rings (SSSR count). The predicted molar refractivity (Wildman–Crippen MR) is 142 cm³/mol. The number of aliphatic hydroxyl groups is 1. The first-order valence-corrected chi connectivity index (χ1v) is 13.8. The molecule has 194 valence electrons. The van der Waals surface area contributed by atoms with Crippen LogP contribution in [0.4, 0.5) is 0 Å². The molecule has 2 aromatic carbocycles. The van der Waals surface area contributed by atoms with Gasteiger partial charge in [0.1, 0.15) is 5.75 Å². The number of carbonyl (C=O) groups is 2. The van der Waals surface area contributed by atoms with Crippen LogP contribution in [-0.4, -0.2) is 64.0 Å². The molecule has 3 unspecified atom stereocenters. The third kappa shape index (κ3) is 6.41. The van der Waals surface area contributed by atoms with Gasteiger partial charge in [0, 0.05) is 34.9 Å². The molecule has 2 fully saturated rings. The lowest BCUT2D eigenvalue weighted by atomic mass is 9.72. The highest BCUT2D eigenvalue weighted by molar-refractivity contribution is 7.99. The second kappa shape index (κ2) is 12.1. The van der Waals surface area contributed by atoms with Crippen LogP contribution in [0.25, 0.3) is 0 Å². The maximum absolute atomic E-state index is 13.2. The number of carbonyl (C=O) groups excluding carboxylic acids is 2. The van der Waals surface area contributed by atoms with Gasteiger partial charge in [-0.1, -0.05) is 43.5 Å². The van der Waals surface area contributed by atoms with Crippen LogP contribution in [0, 0.1) is 18.8 Å². The summed E-state index contributed by atoms with van der Waals surface area (Å²) >= 11 is 1.55. The van der Waals surface area contributed by atoms with Crippen molar-refractivity contribution in [3.63, 3.8) is 0 Å². The van der Waals surface area contributed by atoms with Crippen LogP contribution in [0.1, 0.15) is 48.0 Å². The van der Waals surface area contributed by atoms with Crippen molar-refractivity contribution in [1.82, 2.24) is 10.2 Å². The average molecular weight is 512 g/mol. The van der Waals surface area contributed by atoms with Crippen molar-refractivity contribution in [2.24, 2.45) is 17.6 Å². The van der Waals surface area contributed by atoms with Gasteiger partial charge < -0.3 is 21.3 Å². The Morgan fingerprint density at radius 2 is 1.83 bits per heavy atom. The summed E-state index contributed by atoms with van der Waals surface area (Å²) in [5.74, 6) is 0.846. The fourth-order valence-electron chi connectivity index (χ4n) is 5.63. The summed E-state index contributed by atoms with van der Waals surface area (Å²) in [7, 11) is 0. The Morgan fingerprint density at radius 1 is 1.11 bits per heavy atom. The number of phenolic OH excluding ortho intramolecular Hbond substituents is 1. The van der Waals surface area contributed by atoms with Crippen molar-refractivity contribution in [2.75, 3.05) is 18.8 Å². The second-order valence-electron chi connectivity index (χ2n) is 10.1. The Morgan fingerprint density at radius 3 is 2.56 bits per heavy atom. The van der Waals surface area contributed by atoms with Gasteiger partial charge in [0.2, 0.25) is 5.91 Å². The van der Waals surface area contributed by atoms with Crippen molar-refractivity contribution >= 4 is 23.6 Å². The van der Waals surface area contributed by atoms with E-state index in [1.54, 1.807) is 36.9 Å². The van der Waals surface area contributed by atoms with Crippen LogP contribution < -0.4 is 11.1 Å². The number of likely N-dealkylation sites (tertiary alicyclic amines) is 1. The van der Waals surface area contributed by atoms with Gasteiger partial charge in [0.25, 0.3) is 5.91 Å². The van der Waals surface area contributed by atoms with Gasteiger partial charge in [-0.2, -0.15) is 0 Å². The summed E-state index contributed by atoms with van der Waals surface area (Å²) in [5, 5.41) is 24.4. The Kier molecular flexibility index (Phi) is 8.93. The first-order valence-electron chi connectivity index (χ1n) is 12.8. The number of phenols is 1. The lowest BCUT2D eigenvalue weighted by molar-refractivity contribution is -0.127. The highest BCUT2D eigenvalue weighted by Gasteiger charge is 2.40. The number of rotatable bonds is 9. The summed E-state index contributed by atoms with van der Waals surface area (Å²) < 4.78 is 0. The largest absolute Gasteiger partial charge is 0.508 e. The lowest BCUT2D eigenvalue weighted by Crippen LogP contribution is -2.58. The van der Waals surface area contributed by atoms with E-state index < -0.39 is 18.2 Å². The van der Waals surface area contributed by atoms with Crippen LogP contribution in [-0.2, 0) is 4.79 Å². The van der Waals surface area contributed by atoms with Gasteiger partial charge in [-0.3, -0.25) is 14.5 Å². The maximum atomic E-state index is 13.2. The number of nitrogens with one attached hydrogen (secondary N) is 1. The van der Waals surface area contributed by atoms with Gasteiger partial charge in [-0.05, 0) is 55.9 Å². The summed E-state index contributed by atoms with van der Waals surface area (Å²) in [6.07, 6.45) is 4.53. The SMILES string of the molecule is Cc1c(O)cccc1C(=O)N[C@@H](CSc1ccccc1)[C@H](O)CN1CC2CCCCC2CC1C(N)=O. The zero-order valence-electron chi connectivity index (χ0n) is 20.8. The molecule has 2 aromatic rings. The molecule has 0 aromatic heterocycles. The van der Waals surface area contributed by atoms with Crippen LogP contribution in [0.5, 0.6) is 5.75 Å². The Labute approximate surface area is 217 Å². The monoisotopic (exact) mass is 511 g/mol. The molecule has 2 amide bonds. The predicted octanol–water partition coefficient (Wildman–Crippen LogP) is 3.32. The minimum atomic E-state index is -0.898. The van der Waals surface area contributed by atoms with E-state index in [2.05, 4.69) is 5.32 Å². The Hall–Kier alpha value is -2.55. The molecule has 1 aliphatic carbocycles. The van der Waals surface area contributed by atoms with Gasteiger partial charge in [0.05, 0.1) is 18.2 Å². The minimum Gasteiger partial charge on any atom is -0.508 e. The van der Waals surface area contributed by atoms with Crippen molar-refractivity contribution in [2.45, 2.75) is 62.1 Å². The van der Waals surface area contributed by atoms with Crippen LogP contribution in [0.3, 0.4) is 0 Å². The van der Waals surface area contributed by atoms with Crippen molar-refractivity contribution in [3.8, 4) is 5.75 Å². The highest BCUT2D eigenvalue weighted by Crippen LogP contribution is 2.38. The third-order valence-electron chi connectivity index (χ3n) is 7.76. The smallest absolute Gasteiger partial charge is 0.252 e. The molecule has 0 bridgehead atoms. The number of aliphatic hydroxyl groups excluding tert-OH is 1. The molecular formula is C28H37N3O4S.